The molecule has 6 rings (SSSR count). The van der Waals surface area contributed by atoms with Gasteiger partial charge in [0.1, 0.15) is 5.82 Å². The predicted octanol–water partition coefficient (Wildman–Crippen LogP) is 5.59. The summed E-state index contributed by atoms with van der Waals surface area (Å²) < 4.78 is 39.5. The highest BCUT2D eigenvalue weighted by Gasteiger charge is 2.34. The zero-order valence-electron chi connectivity index (χ0n) is 24.7. The molecule has 13 heteroatoms. The Morgan fingerprint density at radius 2 is 1.76 bits per heavy atom. The zero-order chi connectivity index (χ0) is 31.7. The van der Waals surface area contributed by atoms with Gasteiger partial charge in [-0.2, -0.15) is 18.2 Å². The van der Waals surface area contributed by atoms with Crippen LogP contribution in [0.3, 0.4) is 0 Å². The normalized spacial score (nSPS) is 15.5. The van der Waals surface area contributed by atoms with E-state index < -0.39 is 17.6 Å². The molecule has 2 N–H and O–H groups in total. The van der Waals surface area contributed by atoms with E-state index >= 15 is 0 Å². The Labute approximate surface area is 258 Å². The number of benzene rings is 3. The molecular formula is C32H31F3N8O2. The number of fused-ring (bicyclic) bond motifs is 1. The van der Waals surface area contributed by atoms with Crippen molar-refractivity contribution in [3.8, 4) is 0 Å². The summed E-state index contributed by atoms with van der Waals surface area (Å²) in [6, 6.07) is 18.7. The molecule has 0 radical (unpaired) electrons. The summed E-state index contributed by atoms with van der Waals surface area (Å²) in [4.78, 5) is 39.2. The minimum atomic E-state index is -4.57. The number of carbonyl (C=O) groups excluding carboxylic acids is 2. The average Bonchev–Trinajstić information content (AvgIpc) is 3.05. The van der Waals surface area contributed by atoms with Crippen LogP contribution in [0.25, 0.3) is 0 Å². The topological polar surface area (TPSA) is 96.9 Å². The number of nitrogens with zero attached hydrogens (tertiary/aromatic N) is 6. The molecule has 10 nitrogen and oxygen atoms in total. The van der Waals surface area contributed by atoms with Crippen molar-refractivity contribution in [2.24, 2.45) is 0 Å². The second kappa shape index (κ2) is 12.2. The van der Waals surface area contributed by atoms with Gasteiger partial charge in [-0.25, -0.2) is 19.8 Å². The first-order valence-electron chi connectivity index (χ1n) is 14.4. The molecule has 0 spiro atoms. The molecule has 0 bridgehead atoms. The molecule has 0 aliphatic carbocycles. The standard InChI is InChI=1S/C32H31F3N8O2/c1-21-11-12-25(38-29(44)22-7-6-8-24(17-22)32(33,34)35)18-27(21)42-20-23-19-37-30(39-28(23)40(2)31(42)45)43(26-9-4-3-5-10-26)41-15-13-36-14-16-41/h3-12,17-19,36H,13-16,20H2,1-2H3,(H,38,44). The molecule has 0 unspecified atom stereocenters. The Balaban J connectivity index is 1.27. The number of hydrogen-bond acceptors (Lipinski definition) is 7. The first-order valence-corrected chi connectivity index (χ1v) is 14.4. The molecular weight excluding hydrogens is 585 g/mol. The fourth-order valence-corrected chi connectivity index (χ4v) is 5.44. The number of rotatable bonds is 6. The summed E-state index contributed by atoms with van der Waals surface area (Å²) in [6.45, 7) is 5.18. The van der Waals surface area contributed by atoms with Gasteiger partial charge in [-0.1, -0.05) is 30.3 Å². The maximum atomic E-state index is 13.7. The second-order valence-electron chi connectivity index (χ2n) is 10.8. The van der Waals surface area contributed by atoms with Crippen LogP contribution in [0.4, 0.5) is 46.8 Å². The number of aryl methyl sites for hydroxylation is 1. The molecule has 3 aromatic carbocycles. The first kappa shape index (κ1) is 30.0. The van der Waals surface area contributed by atoms with Gasteiger partial charge < -0.3 is 10.6 Å². The molecule has 0 saturated carbocycles. The van der Waals surface area contributed by atoms with Gasteiger partial charge in [0, 0.05) is 56.2 Å². The van der Waals surface area contributed by atoms with Crippen molar-refractivity contribution in [2.75, 3.05) is 53.4 Å². The number of nitrogens with one attached hydrogen (secondary N) is 2. The van der Waals surface area contributed by atoms with Gasteiger partial charge >= 0.3 is 12.2 Å². The average molecular weight is 617 g/mol. The Morgan fingerprint density at radius 1 is 1.00 bits per heavy atom. The van der Waals surface area contributed by atoms with Gasteiger partial charge in [0.05, 0.1) is 23.5 Å². The molecule has 1 aromatic heterocycles. The lowest BCUT2D eigenvalue weighted by molar-refractivity contribution is -0.137. The van der Waals surface area contributed by atoms with Crippen LogP contribution < -0.4 is 25.4 Å². The number of anilines is 5. The SMILES string of the molecule is Cc1ccc(NC(=O)c2cccc(C(F)(F)F)c2)cc1N1Cc2cnc(N(c3ccccc3)N3CCNCC3)nc2N(C)C1=O. The summed E-state index contributed by atoms with van der Waals surface area (Å²) in [6.07, 6.45) is -2.85. The van der Waals surface area contributed by atoms with Gasteiger partial charge in [0.15, 0.2) is 0 Å². The highest BCUT2D eigenvalue weighted by atomic mass is 19.4. The highest BCUT2D eigenvalue weighted by Crippen LogP contribution is 2.35. The Morgan fingerprint density at radius 3 is 2.49 bits per heavy atom. The van der Waals surface area contributed by atoms with Crippen molar-refractivity contribution in [2.45, 2.75) is 19.6 Å². The van der Waals surface area contributed by atoms with Gasteiger partial charge in [-0.05, 0) is 55.0 Å². The van der Waals surface area contributed by atoms with E-state index in [0.717, 1.165) is 55.1 Å². The Kier molecular flexibility index (Phi) is 8.12. The first-order chi connectivity index (χ1) is 21.6. The lowest BCUT2D eigenvalue weighted by Gasteiger charge is -2.39. The molecule has 2 aliphatic rings. The van der Waals surface area contributed by atoms with Crippen molar-refractivity contribution < 1.29 is 22.8 Å². The number of hydrazine groups is 1. The van der Waals surface area contributed by atoms with E-state index in [9.17, 15) is 22.8 Å². The van der Waals surface area contributed by atoms with E-state index in [1.807, 2.05) is 42.3 Å². The fraction of sp³-hybridized carbons (Fsp3) is 0.250. The lowest BCUT2D eigenvalue weighted by Crippen LogP contribution is -2.51. The van der Waals surface area contributed by atoms with Gasteiger partial charge in [-0.15, -0.1) is 0 Å². The predicted molar refractivity (Wildman–Crippen MR) is 166 cm³/mol. The Hall–Kier alpha value is -5.01. The summed E-state index contributed by atoms with van der Waals surface area (Å²) in [7, 11) is 1.65. The van der Waals surface area contributed by atoms with Crippen LogP contribution in [0.15, 0.2) is 79.0 Å². The largest absolute Gasteiger partial charge is 0.416 e. The maximum absolute atomic E-state index is 13.7. The highest BCUT2D eigenvalue weighted by molar-refractivity contribution is 6.07. The van der Waals surface area contributed by atoms with Crippen LogP contribution in [0.2, 0.25) is 0 Å². The second-order valence-corrected chi connectivity index (χ2v) is 10.8. The van der Waals surface area contributed by atoms with E-state index in [0.29, 0.717) is 23.1 Å². The third kappa shape index (κ3) is 6.17. The number of halogens is 3. The van der Waals surface area contributed by atoms with Crippen molar-refractivity contribution in [3.05, 3.63) is 101 Å². The van der Waals surface area contributed by atoms with Crippen LogP contribution >= 0.6 is 0 Å². The van der Waals surface area contributed by atoms with Crippen LogP contribution in [-0.4, -0.2) is 60.1 Å². The molecule has 2 aliphatic heterocycles. The van der Waals surface area contributed by atoms with E-state index in [1.54, 1.807) is 36.3 Å². The quantitative estimate of drug-likeness (QED) is 0.292. The number of para-hydroxylation sites is 1. The molecule has 4 aromatic rings. The third-order valence-corrected chi connectivity index (χ3v) is 7.77. The van der Waals surface area contributed by atoms with Gasteiger partial charge in [0.25, 0.3) is 5.91 Å². The van der Waals surface area contributed by atoms with Crippen molar-refractivity contribution in [3.63, 3.8) is 0 Å². The molecule has 0 atom stereocenters. The van der Waals surface area contributed by atoms with Crippen LogP contribution in [-0.2, 0) is 12.7 Å². The molecule has 3 amide bonds. The number of piperazine rings is 1. The monoisotopic (exact) mass is 616 g/mol. The number of amides is 3. The molecule has 45 heavy (non-hydrogen) atoms. The fourth-order valence-electron chi connectivity index (χ4n) is 5.44. The van der Waals surface area contributed by atoms with E-state index in [2.05, 4.69) is 15.6 Å². The van der Waals surface area contributed by atoms with E-state index in [4.69, 9.17) is 9.97 Å². The summed E-state index contributed by atoms with van der Waals surface area (Å²) >= 11 is 0. The smallest absolute Gasteiger partial charge is 0.322 e. The van der Waals surface area contributed by atoms with Crippen LogP contribution in [0, 0.1) is 6.92 Å². The molecule has 232 valence electrons. The van der Waals surface area contributed by atoms with Gasteiger partial charge in [0.2, 0.25) is 5.95 Å². The third-order valence-electron chi connectivity index (χ3n) is 7.77. The maximum Gasteiger partial charge on any atom is 0.416 e. The van der Waals surface area contributed by atoms with Crippen molar-refractivity contribution in [1.29, 1.82) is 0 Å². The molecule has 1 fully saturated rings. The number of aromatic nitrogens is 2. The van der Waals surface area contributed by atoms with E-state index in [-0.39, 0.29) is 18.1 Å². The van der Waals surface area contributed by atoms with Crippen LogP contribution in [0.1, 0.15) is 27.0 Å². The van der Waals surface area contributed by atoms with Crippen LogP contribution in [0.5, 0.6) is 0 Å². The summed E-state index contributed by atoms with van der Waals surface area (Å²) in [5.74, 6) is 0.242. The summed E-state index contributed by atoms with van der Waals surface area (Å²) in [5, 5.41) is 10.2. The lowest BCUT2D eigenvalue weighted by atomic mass is 10.1. The number of carbonyl (C=O) groups is 2. The summed E-state index contributed by atoms with van der Waals surface area (Å²) in [5.41, 5.74) is 2.23. The minimum absolute atomic E-state index is 0.132. The number of urea groups is 1. The minimum Gasteiger partial charge on any atom is -0.322 e. The van der Waals surface area contributed by atoms with E-state index in [1.165, 1.54) is 17.0 Å². The molecule has 3 heterocycles. The van der Waals surface area contributed by atoms with Crippen molar-refractivity contribution >= 4 is 40.8 Å². The number of hydrogen-bond donors (Lipinski definition) is 2. The number of alkyl halides is 3. The zero-order valence-corrected chi connectivity index (χ0v) is 24.7. The van der Waals surface area contributed by atoms with Gasteiger partial charge in [-0.3, -0.25) is 14.6 Å². The van der Waals surface area contributed by atoms with Crippen molar-refractivity contribution in [1.82, 2.24) is 20.3 Å². The Bertz CT molecular complexity index is 1730. The molecule has 1 saturated heterocycles.